The van der Waals surface area contributed by atoms with Crippen molar-refractivity contribution in [2.24, 2.45) is 0 Å². The third kappa shape index (κ3) is 3.57. The number of aromatic nitrogens is 1. The van der Waals surface area contributed by atoms with E-state index in [1.807, 2.05) is 0 Å². The van der Waals surface area contributed by atoms with Crippen molar-refractivity contribution in [2.45, 2.75) is 5.75 Å². The number of hydrogen-bond donors (Lipinski definition) is 0. The summed E-state index contributed by atoms with van der Waals surface area (Å²) in [5, 5.41) is 4.34. The molecule has 0 saturated carbocycles. The van der Waals surface area contributed by atoms with Gasteiger partial charge in [-0.3, -0.25) is 0 Å². The first kappa shape index (κ1) is 15.2. The summed E-state index contributed by atoms with van der Waals surface area (Å²) in [6.45, 7) is 0. The summed E-state index contributed by atoms with van der Waals surface area (Å²) in [6.07, 6.45) is 0. The summed E-state index contributed by atoms with van der Waals surface area (Å²) in [5.41, 5.74) is 0.221. The zero-order chi connectivity index (χ0) is 11.9. The predicted molar refractivity (Wildman–Crippen MR) is 57.4 cm³/mol. The van der Waals surface area contributed by atoms with Crippen molar-refractivity contribution in [1.29, 1.82) is 0 Å². The molecule has 86 valence electrons. The molecular formula is C8H4Cl2NNaO4S. The van der Waals surface area contributed by atoms with E-state index >= 15 is 0 Å². The fraction of sp³-hybridized carbons (Fsp3) is 0.125. The molecule has 9 heteroatoms. The Morgan fingerprint density at radius 3 is 2.59 bits per heavy atom. The summed E-state index contributed by atoms with van der Waals surface area (Å²) in [7, 11) is -4.42. The first-order chi connectivity index (χ1) is 7.37. The minimum Gasteiger partial charge on any atom is -0.748 e. The normalized spacial score (nSPS) is 11.5. The van der Waals surface area contributed by atoms with Crippen molar-refractivity contribution in [3.8, 4) is 0 Å². The molecule has 0 atom stereocenters. The molecule has 0 N–H and O–H groups in total. The van der Waals surface area contributed by atoms with Crippen LogP contribution >= 0.6 is 23.2 Å². The van der Waals surface area contributed by atoms with Gasteiger partial charge in [0.2, 0.25) is 0 Å². The van der Waals surface area contributed by atoms with Crippen molar-refractivity contribution in [1.82, 2.24) is 5.16 Å². The predicted octanol–water partition coefficient (Wildman–Crippen LogP) is -0.816. The van der Waals surface area contributed by atoms with Gasteiger partial charge in [-0.1, -0.05) is 28.4 Å². The molecule has 1 aromatic heterocycles. The van der Waals surface area contributed by atoms with Gasteiger partial charge in [-0.15, -0.1) is 0 Å². The molecule has 0 aliphatic carbocycles. The van der Waals surface area contributed by atoms with Gasteiger partial charge in [-0.2, -0.15) is 0 Å². The van der Waals surface area contributed by atoms with Crippen LogP contribution in [0.25, 0.3) is 11.0 Å². The molecule has 0 aliphatic rings. The number of fused-ring (bicyclic) bond motifs is 1. The average Bonchev–Trinajstić information content (AvgIpc) is 2.46. The van der Waals surface area contributed by atoms with Gasteiger partial charge < -0.3 is 9.08 Å². The molecule has 0 aliphatic heterocycles. The van der Waals surface area contributed by atoms with Crippen LogP contribution in [0.1, 0.15) is 5.69 Å². The van der Waals surface area contributed by atoms with Gasteiger partial charge in [0.05, 0.1) is 10.8 Å². The second kappa shape index (κ2) is 5.44. The van der Waals surface area contributed by atoms with E-state index in [0.717, 1.165) is 0 Å². The molecule has 0 bridgehead atoms. The standard InChI is InChI=1S/C8H5Cl2NO4S.Na/c9-4-1-5-7(3-16(12,13)14)11-15-8(5)6(10)2-4;/h1-2H,3H2,(H,12,13,14);/q;+1/p-1. The Bertz CT molecular complexity index is 655. The Balaban J connectivity index is 0.00000144. The molecular weight excluding hydrogens is 300 g/mol. The maximum absolute atomic E-state index is 10.6. The van der Waals surface area contributed by atoms with Crippen LogP contribution in [-0.2, 0) is 15.9 Å². The molecule has 0 fully saturated rings. The largest absolute Gasteiger partial charge is 1.00 e. The molecule has 0 spiro atoms. The summed E-state index contributed by atoms with van der Waals surface area (Å²) in [6, 6.07) is 2.88. The summed E-state index contributed by atoms with van der Waals surface area (Å²) >= 11 is 11.5. The Hall–Kier alpha value is 0.180. The van der Waals surface area contributed by atoms with Gasteiger partial charge in [0.25, 0.3) is 0 Å². The molecule has 0 radical (unpaired) electrons. The number of rotatable bonds is 2. The van der Waals surface area contributed by atoms with E-state index in [4.69, 9.17) is 27.7 Å². The van der Waals surface area contributed by atoms with Crippen molar-refractivity contribution in [3.05, 3.63) is 27.9 Å². The zero-order valence-corrected chi connectivity index (χ0v) is 12.9. The van der Waals surface area contributed by atoms with Crippen molar-refractivity contribution in [3.63, 3.8) is 0 Å². The number of halogens is 2. The van der Waals surface area contributed by atoms with Crippen molar-refractivity contribution < 1.29 is 47.1 Å². The van der Waals surface area contributed by atoms with E-state index in [2.05, 4.69) is 5.16 Å². The summed E-state index contributed by atoms with van der Waals surface area (Å²) < 4.78 is 36.7. The maximum atomic E-state index is 10.6. The average molecular weight is 304 g/mol. The molecule has 2 rings (SSSR count). The van der Waals surface area contributed by atoms with Gasteiger partial charge in [0, 0.05) is 10.4 Å². The minimum atomic E-state index is -4.42. The van der Waals surface area contributed by atoms with Gasteiger partial charge in [-0.05, 0) is 12.1 Å². The van der Waals surface area contributed by atoms with Crippen LogP contribution in [0.2, 0.25) is 10.0 Å². The van der Waals surface area contributed by atoms with Crippen LogP contribution in [0.5, 0.6) is 0 Å². The topological polar surface area (TPSA) is 83.2 Å². The Labute approximate surface area is 129 Å². The van der Waals surface area contributed by atoms with Crippen LogP contribution in [0.15, 0.2) is 16.7 Å². The minimum absolute atomic E-state index is 0. The van der Waals surface area contributed by atoms with Gasteiger partial charge in [0.1, 0.15) is 15.8 Å². The molecule has 17 heavy (non-hydrogen) atoms. The fourth-order valence-corrected chi connectivity index (χ4v) is 2.36. The molecule has 0 amide bonds. The Morgan fingerprint density at radius 2 is 2.00 bits per heavy atom. The third-order valence-corrected chi connectivity index (χ3v) is 3.01. The van der Waals surface area contributed by atoms with E-state index in [0.29, 0.717) is 10.4 Å². The van der Waals surface area contributed by atoms with Gasteiger partial charge in [-0.25, -0.2) is 8.42 Å². The number of nitrogens with zero attached hydrogens (tertiary/aromatic N) is 1. The molecule has 0 saturated heterocycles. The van der Waals surface area contributed by atoms with Crippen LogP contribution in [0.3, 0.4) is 0 Å². The molecule has 1 heterocycles. The maximum Gasteiger partial charge on any atom is 1.00 e. The zero-order valence-electron chi connectivity index (χ0n) is 8.61. The smallest absolute Gasteiger partial charge is 0.748 e. The summed E-state index contributed by atoms with van der Waals surface area (Å²) in [4.78, 5) is 0. The SMILES string of the molecule is O=S(=O)([O-])Cc1noc2c(Cl)cc(Cl)cc12.[Na+]. The van der Waals surface area contributed by atoms with Crippen LogP contribution in [-0.4, -0.2) is 18.1 Å². The first-order valence-corrected chi connectivity index (χ1v) is 6.37. The second-order valence-corrected chi connectivity index (χ2v) is 5.34. The van der Waals surface area contributed by atoms with Crippen LogP contribution in [0, 0.1) is 0 Å². The fourth-order valence-electron chi connectivity index (χ4n) is 1.29. The van der Waals surface area contributed by atoms with Gasteiger partial charge >= 0.3 is 29.6 Å². The van der Waals surface area contributed by atoms with E-state index in [-0.39, 0.29) is 45.9 Å². The Morgan fingerprint density at radius 1 is 1.35 bits per heavy atom. The molecule has 5 nitrogen and oxygen atoms in total. The van der Waals surface area contributed by atoms with Crippen LogP contribution < -0.4 is 29.6 Å². The number of hydrogen-bond acceptors (Lipinski definition) is 5. The quantitative estimate of drug-likeness (QED) is 0.535. The third-order valence-electron chi connectivity index (χ3n) is 1.88. The number of benzene rings is 1. The van der Waals surface area contributed by atoms with Crippen molar-refractivity contribution in [2.75, 3.05) is 0 Å². The monoisotopic (exact) mass is 303 g/mol. The summed E-state index contributed by atoms with van der Waals surface area (Å²) in [5.74, 6) is -0.753. The van der Waals surface area contributed by atoms with E-state index in [9.17, 15) is 13.0 Å². The second-order valence-electron chi connectivity index (χ2n) is 3.10. The van der Waals surface area contributed by atoms with E-state index in [1.165, 1.54) is 12.1 Å². The van der Waals surface area contributed by atoms with E-state index in [1.54, 1.807) is 0 Å². The van der Waals surface area contributed by atoms with Crippen LogP contribution in [0.4, 0.5) is 0 Å². The first-order valence-electron chi connectivity index (χ1n) is 4.04. The van der Waals surface area contributed by atoms with Gasteiger partial charge in [0.15, 0.2) is 5.58 Å². The Kier molecular flexibility index (Phi) is 4.88. The molecule has 2 aromatic rings. The van der Waals surface area contributed by atoms with E-state index < -0.39 is 15.9 Å². The van der Waals surface area contributed by atoms with Crippen molar-refractivity contribution >= 4 is 44.3 Å². The molecule has 1 aromatic carbocycles. The molecule has 0 unspecified atom stereocenters.